The number of carbonyl (C=O) groups is 2. The molecular formula is C14H15F3N2O3. The lowest BCUT2D eigenvalue weighted by atomic mass is 9.98. The number of alkyl carbamates (subject to hydrolysis) is 1. The van der Waals surface area contributed by atoms with Crippen LogP contribution in [-0.4, -0.2) is 24.8 Å². The van der Waals surface area contributed by atoms with Gasteiger partial charge in [0.05, 0.1) is 6.04 Å². The quantitative estimate of drug-likeness (QED) is 0.901. The summed E-state index contributed by atoms with van der Waals surface area (Å²) in [4.78, 5) is 22.6. The monoisotopic (exact) mass is 316 g/mol. The first-order valence-electron chi connectivity index (χ1n) is 6.67. The van der Waals surface area contributed by atoms with Gasteiger partial charge < -0.3 is 15.4 Å². The van der Waals surface area contributed by atoms with Gasteiger partial charge in [-0.1, -0.05) is 12.1 Å². The molecule has 5 nitrogen and oxygen atoms in total. The molecule has 120 valence electrons. The van der Waals surface area contributed by atoms with Crippen LogP contribution in [0, 0.1) is 0 Å². The number of alkyl halides is 3. The Balaban J connectivity index is 1.97. The average molecular weight is 316 g/mol. The van der Waals surface area contributed by atoms with Crippen LogP contribution in [0.4, 0.5) is 23.7 Å². The third-order valence-electron chi connectivity index (χ3n) is 3.23. The minimum Gasteiger partial charge on any atom is -0.440 e. The number of aryl methyl sites for hydroxylation is 1. The molecule has 2 rings (SSSR count). The molecule has 1 heterocycles. The van der Waals surface area contributed by atoms with Gasteiger partial charge in [0.2, 0.25) is 5.91 Å². The van der Waals surface area contributed by atoms with E-state index in [9.17, 15) is 22.8 Å². The fourth-order valence-electron chi connectivity index (χ4n) is 2.12. The van der Waals surface area contributed by atoms with Gasteiger partial charge in [0, 0.05) is 12.1 Å². The van der Waals surface area contributed by atoms with Crippen LogP contribution in [0.1, 0.15) is 30.5 Å². The highest BCUT2D eigenvalue weighted by molar-refractivity contribution is 5.93. The molecule has 0 unspecified atom stereocenters. The number of ether oxygens (including phenoxy) is 1. The van der Waals surface area contributed by atoms with Crippen molar-refractivity contribution >= 4 is 17.7 Å². The van der Waals surface area contributed by atoms with E-state index in [4.69, 9.17) is 0 Å². The lowest BCUT2D eigenvalue weighted by Crippen LogP contribution is -2.31. The molecule has 0 fully saturated rings. The van der Waals surface area contributed by atoms with E-state index in [2.05, 4.69) is 15.4 Å². The Bertz CT molecular complexity index is 587. The molecule has 2 N–H and O–H groups in total. The van der Waals surface area contributed by atoms with Gasteiger partial charge in [-0.3, -0.25) is 4.79 Å². The molecule has 1 aromatic rings. The third kappa shape index (κ3) is 4.37. The molecule has 0 aromatic heterocycles. The van der Waals surface area contributed by atoms with E-state index in [1.807, 2.05) is 6.07 Å². The summed E-state index contributed by atoms with van der Waals surface area (Å²) in [6.45, 7) is 0.0136. The second kappa shape index (κ2) is 6.25. The largest absolute Gasteiger partial charge is 0.440 e. The molecule has 1 aliphatic heterocycles. The average Bonchev–Trinajstić information content (AvgIpc) is 2.43. The minimum absolute atomic E-state index is 0.0536. The predicted molar refractivity (Wildman–Crippen MR) is 72.3 cm³/mol. The summed E-state index contributed by atoms with van der Waals surface area (Å²) in [5, 5.41) is 5.06. The van der Waals surface area contributed by atoms with E-state index in [-0.39, 0.29) is 5.91 Å². The Morgan fingerprint density at radius 1 is 1.41 bits per heavy atom. The molecular weight excluding hydrogens is 301 g/mol. The normalized spacial score (nSPS) is 15.5. The summed E-state index contributed by atoms with van der Waals surface area (Å²) < 4.78 is 40.0. The van der Waals surface area contributed by atoms with Crippen molar-refractivity contribution in [3.63, 3.8) is 0 Å². The number of anilines is 1. The lowest BCUT2D eigenvalue weighted by molar-refractivity contribution is -0.160. The third-order valence-corrected chi connectivity index (χ3v) is 3.23. The summed E-state index contributed by atoms with van der Waals surface area (Å²) in [6.07, 6.45) is -4.72. The Hall–Kier alpha value is -2.25. The zero-order chi connectivity index (χ0) is 16.3. The summed E-state index contributed by atoms with van der Waals surface area (Å²) in [5.41, 5.74) is 2.36. The molecule has 2 amide bonds. The first-order chi connectivity index (χ1) is 10.2. The van der Waals surface area contributed by atoms with Crippen molar-refractivity contribution in [2.75, 3.05) is 11.9 Å². The van der Waals surface area contributed by atoms with Crippen LogP contribution < -0.4 is 10.6 Å². The van der Waals surface area contributed by atoms with Gasteiger partial charge in [-0.25, -0.2) is 4.79 Å². The zero-order valence-electron chi connectivity index (χ0n) is 11.8. The van der Waals surface area contributed by atoms with Gasteiger partial charge in [0.15, 0.2) is 6.61 Å². The van der Waals surface area contributed by atoms with Crippen LogP contribution in [0.25, 0.3) is 0 Å². The molecule has 22 heavy (non-hydrogen) atoms. The van der Waals surface area contributed by atoms with Crippen LogP contribution in [0.2, 0.25) is 0 Å². The fourth-order valence-corrected chi connectivity index (χ4v) is 2.12. The van der Waals surface area contributed by atoms with Crippen LogP contribution in [0.3, 0.4) is 0 Å². The van der Waals surface area contributed by atoms with Crippen LogP contribution >= 0.6 is 0 Å². The topological polar surface area (TPSA) is 67.4 Å². The zero-order valence-corrected chi connectivity index (χ0v) is 11.8. The number of benzene rings is 1. The van der Waals surface area contributed by atoms with E-state index in [1.165, 1.54) is 0 Å². The van der Waals surface area contributed by atoms with Gasteiger partial charge in [-0.05, 0) is 30.5 Å². The SMILES string of the molecule is C[C@H](NC(=O)OCC(F)(F)F)c1ccc2c(c1)CCC(=O)N2. The summed E-state index contributed by atoms with van der Waals surface area (Å²) in [7, 11) is 0. The number of rotatable bonds is 3. The molecule has 1 atom stereocenters. The second-order valence-electron chi connectivity index (χ2n) is 5.02. The van der Waals surface area contributed by atoms with Crippen molar-refractivity contribution < 1.29 is 27.5 Å². The van der Waals surface area contributed by atoms with E-state index >= 15 is 0 Å². The lowest BCUT2D eigenvalue weighted by Gasteiger charge is -2.20. The van der Waals surface area contributed by atoms with E-state index in [0.29, 0.717) is 18.5 Å². The highest BCUT2D eigenvalue weighted by Gasteiger charge is 2.29. The second-order valence-corrected chi connectivity index (χ2v) is 5.02. The van der Waals surface area contributed by atoms with Crippen LogP contribution in [0.5, 0.6) is 0 Å². The number of carbonyl (C=O) groups excluding carboxylic acids is 2. The first-order valence-corrected chi connectivity index (χ1v) is 6.67. The predicted octanol–water partition coefficient (Wildman–Crippen LogP) is 2.92. The van der Waals surface area contributed by atoms with Gasteiger partial charge >= 0.3 is 12.3 Å². The molecule has 0 aliphatic carbocycles. The molecule has 0 radical (unpaired) electrons. The first kappa shape index (κ1) is 16.1. The number of nitrogens with one attached hydrogen (secondary N) is 2. The highest BCUT2D eigenvalue weighted by atomic mass is 19.4. The molecule has 0 saturated carbocycles. The van der Waals surface area contributed by atoms with Crippen molar-refractivity contribution in [2.24, 2.45) is 0 Å². The van der Waals surface area contributed by atoms with Crippen LogP contribution in [-0.2, 0) is 16.0 Å². The molecule has 0 spiro atoms. The molecule has 1 aromatic carbocycles. The molecule has 0 bridgehead atoms. The Morgan fingerprint density at radius 2 is 2.14 bits per heavy atom. The number of amides is 2. The minimum atomic E-state index is -4.55. The summed E-state index contributed by atoms with van der Waals surface area (Å²) in [6, 6.07) is 4.70. The van der Waals surface area contributed by atoms with E-state index in [1.54, 1.807) is 19.1 Å². The van der Waals surface area contributed by atoms with Crippen LogP contribution in [0.15, 0.2) is 18.2 Å². The van der Waals surface area contributed by atoms with Crippen molar-refractivity contribution in [1.29, 1.82) is 0 Å². The number of hydrogen-bond donors (Lipinski definition) is 2. The molecule has 0 saturated heterocycles. The van der Waals surface area contributed by atoms with Crippen molar-refractivity contribution in [3.05, 3.63) is 29.3 Å². The maximum atomic E-state index is 12.0. The maximum Gasteiger partial charge on any atom is 0.422 e. The fraction of sp³-hybridized carbons (Fsp3) is 0.429. The number of hydrogen-bond acceptors (Lipinski definition) is 3. The smallest absolute Gasteiger partial charge is 0.422 e. The van der Waals surface area contributed by atoms with Crippen molar-refractivity contribution in [3.8, 4) is 0 Å². The van der Waals surface area contributed by atoms with Gasteiger partial charge in [0.1, 0.15) is 0 Å². The Morgan fingerprint density at radius 3 is 2.82 bits per heavy atom. The van der Waals surface area contributed by atoms with Gasteiger partial charge in [-0.2, -0.15) is 13.2 Å². The maximum absolute atomic E-state index is 12.0. The molecule has 1 aliphatic rings. The Kier molecular flexibility index (Phi) is 4.58. The highest BCUT2D eigenvalue weighted by Crippen LogP contribution is 2.26. The van der Waals surface area contributed by atoms with E-state index in [0.717, 1.165) is 11.1 Å². The summed E-state index contributed by atoms with van der Waals surface area (Å²) in [5.74, 6) is -0.0536. The van der Waals surface area contributed by atoms with Crippen molar-refractivity contribution in [2.45, 2.75) is 32.0 Å². The Labute approximate surface area is 124 Å². The van der Waals surface area contributed by atoms with Gasteiger partial charge in [0.25, 0.3) is 0 Å². The molecule has 8 heteroatoms. The van der Waals surface area contributed by atoms with E-state index < -0.39 is 24.9 Å². The standard InChI is InChI=1S/C14H15F3N2O3/c1-8(18-13(21)22-7-14(15,16)17)9-2-4-11-10(6-9)3-5-12(20)19-11/h2,4,6,8H,3,5,7H2,1H3,(H,18,21)(H,19,20)/t8-/m0/s1. The summed E-state index contributed by atoms with van der Waals surface area (Å²) >= 11 is 0. The van der Waals surface area contributed by atoms with Gasteiger partial charge in [-0.15, -0.1) is 0 Å². The van der Waals surface area contributed by atoms with Crippen molar-refractivity contribution in [1.82, 2.24) is 5.32 Å². The number of halogens is 3. The number of fused-ring (bicyclic) bond motifs is 1.